The molecule has 2 aromatic rings. The van der Waals surface area contributed by atoms with Crippen molar-refractivity contribution in [2.75, 3.05) is 6.54 Å². The van der Waals surface area contributed by atoms with Crippen LogP contribution in [-0.2, 0) is 11.2 Å². The first-order valence-electron chi connectivity index (χ1n) is 8.66. The molecule has 1 fully saturated rings. The quantitative estimate of drug-likeness (QED) is 0.282. The highest BCUT2D eigenvalue weighted by Gasteiger charge is 2.32. The number of allylic oxidation sites excluding steroid dienone is 2. The number of aromatic nitrogens is 2. The van der Waals surface area contributed by atoms with Gasteiger partial charge in [-0.3, -0.25) is 19.8 Å². The predicted octanol–water partition coefficient (Wildman–Crippen LogP) is 4.35. The van der Waals surface area contributed by atoms with E-state index in [0.717, 1.165) is 17.0 Å². The molecule has 1 aromatic carbocycles. The summed E-state index contributed by atoms with van der Waals surface area (Å²) >= 11 is 2.65. The minimum absolute atomic E-state index is 0.0332. The Balaban J connectivity index is 1.79. The zero-order valence-electron chi connectivity index (χ0n) is 15.5. The van der Waals surface area contributed by atoms with Crippen LogP contribution in [0, 0.1) is 10.1 Å². The molecule has 1 aliphatic heterocycles. The number of nitro benzene ring substituents is 1. The van der Waals surface area contributed by atoms with Gasteiger partial charge in [-0.05, 0) is 42.0 Å². The minimum atomic E-state index is -0.445. The van der Waals surface area contributed by atoms with Gasteiger partial charge in [0.2, 0.25) is 5.13 Å². The molecule has 1 aliphatic rings. The maximum atomic E-state index is 12.7. The molecule has 0 spiro atoms. The van der Waals surface area contributed by atoms with E-state index in [-0.39, 0.29) is 11.6 Å². The number of benzene rings is 1. The average Bonchev–Trinajstić information content (AvgIpc) is 3.29. The number of carbonyl (C=O) groups is 1. The summed E-state index contributed by atoms with van der Waals surface area (Å²) in [5.74, 6) is -0.165. The highest BCUT2D eigenvalue weighted by Crippen LogP contribution is 2.33. The Bertz CT molecular complexity index is 1020. The van der Waals surface area contributed by atoms with E-state index in [2.05, 4.69) is 21.8 Å². The second kappa shape index (κ2) is 9.39. The Morgan fingerprint density at radius 2 is 2.07 bits per heavy atom. The number of aliphatic imine (C=N–C) groups is 1. The van der Waals surface area contributed by atoms with Crippen molar-refractivity contribution >= 4 is 51.1 Å². The van der Waals surface area contributed by atoms with Crippen molar-refractivity contribution in [3.05, 3.63) is 74.7 Å². The number of rotatable bonds is 7. The third kappa shape index (κ3) is 5.04. The van der Waals surface area contributed by atoms with Crippen LogP contribution >= 0.6 is 23.1 Å². The lowest BCUT2D eigenvalue weighted by Crippen LogP contribution is -2.29. The Labute approximate surface area is 175 Å². The van der Waals surface area contributed by atoms with Crippen molar-refractivity contribution < 1.29 is 9.72 Å². The summed E-state index contributed by atoms with van der Waals surface area (Å²) < 4.78 is 0. The molecule has 10 heteroatoms. The molecule has 29 heavy (non-hydrogen) atoms. The van der Waals surface area contributed by atoms with Gasteiger partial charge >= 0.3 is 0 Å². The van der Waals surface area contributed by atoms with Crippen molar-refractivity contribution in [2.24, 2.45) is 4.99 Å². The number of amidine groups is 1. The second-order valence-corrected chi connectivity index (χ2v) is 7.82. The highest BCUT2D eigenvalue weighted by molar-refractivity contribution is 8.18. The maximum absolute atomic E-state index is 12.7. The van der Waals surface area contributed by atoms with Crippen LogP contribution in [0.4, 0.5) is 10.8 Å². The largest absolute Gasteiger partial charge is 0.282 e. The Kier molecular flexibility index (Phi) is 6.68. The van der Waals surface area contributed by atoms with Crippen LogP contribution in [0.25, 0.3) is 6.08 Å². The van der Waals surface area contributed by atoms with Crippen LogP contribution in [0.1, 0.15) is 17.5 Å². The van der Waals surface area contributed by atoms with Gasteiger partial charge in [0.15, 0.2) is 5.17 Å². The number of aryl methyl sites for hydroxylation is 1. The van der Waals surface area contributed by atoms with Crippen molar-refractivity contribution in [3.8, 4) is 0 Å². The van der Waals surface area contributed by atoms with Gasteiger partial charge in [-0.25, -0.2) is 0 Å². The van der Waals surface area contributed by atoms with E-state index in [4.69, 9.17) is 0 Å². The van der Waals surface area contributed by atoms with Crippen LogP contribution in [0.5, 0.6) is 0 Å². The van der Waals surface area contributed by atoms with Crippen molar-refractivity contribution in [1.82, 2.24) is 15.1 Å². The Morgan fingerprint density at radius 3 is 2.69 bits per heavy atom. The fourth-order valence-electron chi connectivity index (χ4n) is 2.36. The molecule has 0 atom stereocenters. The molecule has 0 N–H and O–H groups in total. The van der Waals surface area contributed by atoms with E-state index in [1.54, 1.807) is 36.4 Å². The second-order valence-electron chi connectivity index (χ2n) is 5.77. The first kappa shape index (κ1) is 20.6. The van der Waals surface area contributed by atoms with E-state index in [9.17, 15) is 14.9 Å². The predicted molar refractivity (Wildman–Crippen MR) is 116 cm³/mol. The SMILES string of the molecule is C=CCN1C(=O)/C(=C/C=C/c2ccc([N+](=O)[O-])cc2)SC1=Nc1nnc(CC)s1. The summed E-state index contributed by atoms with van der Waals surface area (Å²) in [4.78, 5) is 29.5. The molecule has 0 saturated carbocycles. The topological polar surface area (TPSA) is 102 Å². The van der Waals surface area contributed by atoms with E-state index >= 15 is 0 Å². The van der Waals surface area contributed by atoms with Gasteiger partial charge in [-0.1, -0.05) is 36.5 Å². The molecule has 148 valence electrons. The highest BCUT2D eigenvalue weighted by atomic mass is 32.2. The van der Waals surface area contributed by atoms with E-state index in [1.165, 1.54) is 40.1 Å². The van der Waals surface area contributed by atoms with Gasteiger partial charge in [-0.2, -0.15) is 4.99 Å². The smallest absolute Gasteiger partial charge is 0.269 e. The Hall–Kier alpha value is -3.11. The van der Waals surface area contributed by atoms with Crippen LogP contribution in [0.2, 0.25) is 0 Å². The van der Waals surface area contributed by atoms with Crippen LogP contribution in [-0.4, -0.2) is 37.6 Å². The Morgan fingerprint density at radius 1 is 1.31 bits per heavy atom. The van der Waals surface area contributed by atoms with Gasteiger partial charge in [0.05, 0.1) is 9.83 Å². The van der Waals surface area contributed by atoms with Gasteiger partial charge in [0.1, 0.15) is 5.01 Å². The first-order chi connectivity index (χ1) is 14.0. The van der Waals surface area contributed by atoms with Gasteiger partial charge < -0.3 is 0 Å². The lowest BCUT2D eigenvalue weighted by Gasteiger charge is -2.11. The summed E-state index contributed by atoms with van der Waals surface area (Å²) in [5.41, 5.74) is 0.826. The zero-order valence-corrected chi connectivity index (χ0v) is 17.2. The number of nitrogens with zero attached hydrogens (tertiary/aromatic N) is 5. The molecule has 1 aromatic heterocycles. The molecule has 8 nitrogen and oxygen atoms in total. The standard InChI is InChI=1S/C19H17N5O3S2/c1-3-12-23-17(25)15(28-19(23)20-18-22-21-16(4-2)29-18)7-5-6-13-8-10-14(11-9-13)24(26)27/h3,5-11H,1,4,12H2,2H3/b6-5+,15-7-,20-19?. The van der Waals surface area contributed by atoms with E-state index < -0.39 is 4.92 Å². The summed E-state index contributed by atoms with van der Waals surface area (Å²) in [6.45, 7) is 6.03. The number of hydrogen-bond acceptors (Lipinski definition) is 8. The van der Waals surface area contributed by atoms with Crippen LogP contribution in [0.15, 0.2) is 59.0 Å². The van der Waals surface area contributed by atoms with Crippen LogP contribution < -0.4 is 0 Å². The number of non-ortho nitro benzene ring substituents is 1. The normalized spacial score (nSPS) is 17.0. The fourth-order valence-corrected chi connectivity index (χ4v) is 4.01. The molecular formula is C19H17N5O3S2. The molecule has 0 radical (unpaired) electrons. The monoisotopic (exact) mass is 427 g/mol. The molecule has 3 rings (SSSR count). The molecule has 0 unspecified atom stereocenters. The van der Waals surface area contributed by atoms with E-state index in [0.29, 0.717) is 21.7 Å². The molecule has 0 bridgehead atoms. The van der Waals surface area contributed by atoms with Gasteiger partial charge in [-0.15, -0.1) is 16.8 Å². The minimum Gasteiger partial charge on any atom is -0.282 e. The zero-order chi connectivity index (χ0) is 20.8. The van der Waals surface area contributed by atoms with Gasteiger partial charge in [0, 0.05) is 18.7 Å². The molecule has 2 heterocycles. The number of nitro groups is 1. The van der Waals surface area contributed by atoms with Crippen LogP contribution in [0.3, 0.4) is 0 Å². The summed E-state index contributed by atoms with van der Waals surface area (Å²) in [6, 6.07) is 6.17. The summed E-state index contributed by atoms with van der Waals surface area (Å²) in [5, 5.41) is 20.7. The summed E-state index contributed by atoms with van der Waals surface area (Å²) in [7, 11) is 0. The molecule has 1 saturated heterocycles. The first-order valence-corrected chi connectivity index (χ1v) is 10.3. The molecular weight excluding hydrogens is 410 g/mol. The molecule has 1 amide bonds. The number of hydrogen-bond donors (Lipinski definition) is 0. The molecule has 0 aliphatic carbocycles. The number of amides is 1. The van der Waals surface area contributed by atoms with Crippen molar-refractivity contribution in [1.29, 1.82) is 0 Å². The lowest BCUT2D eigenvalue weighted by molar-refractivity contribution is -0.384. The third-order valence-corrected chi connectivity index (χ3v) is 5.78. The number of carbonyl (C=O) groups excluding carboxylic acids is 1. The summed E-state index contributed by atoms with van der Waals surface area (Å²) in [6.07, 6.45) is 7.63. The lowest BCUT2D eigenvalue weighted by atomic mass is 10.2. The van der Waals surface area contributed by atoms with Crippen molar-refractivity contribution in [3.63, 3.8) is 0 Å². The maximum Gasteiger partial charge on any atom is 0.269 e. The van der Waals surface area contributed by atoms with Crippen molar-refractivity contribution in [2.45, 2.75) is 13.3 Å². The number of thioether (sulfide) groups is 1. The fraction of sp³-hybridized carbons (Fsp3) is 0.158. The van der Waals surface area contributed by atoms with E-state index in [1.807, 2.05) is 6.92 Å². The average molecular weight is 428 g/mol. The van der Waals surface area contributed by atoms with Gasteiger partial charge in [0.25, 0.3) is 11.6 Å². The third-order valence-electron chi connectivity index (χ3n) is 3.79.